The second-order valence-electron chi connectivity index (χ2n) is 6.18. The maximum Gasteiger partial charge on any atom is 0.389 e. The molecule has 2 aromatic rings. The second kappa shape index (κ2) is 9.65. The molecule has 0 saturated carbocycles. The first-order chi connectivity index (χ1) is 11.5. The van der Waals surface area contributed by atoms with Crippen molar-refractivity contribution in [2.75, 3.05) is 26.2 Å². The van der Waals surface area contributed by atoms with Crippen molar-refractivity contribution in [3.8, 4) is 5.75 Å². The average Bonchev–Trinajstić information content (AvgIpc) is 2.57. The summed E-state index contributed by atoms with van der Waals surface area (Å²) in [6.45, 7) is 2.99. The molecule has 0 bridgehead atoms. The van der Waals surface area contributed by atoms with E-state index in [0.29, 0.717) is 5.39 Å². The van der Waals surface area contributed by atoms with E-state index in [1.807, 2.05) is 18.2 Å². The molecule has 146 valence electrons. The van der Waals surface area contributed by atoms with Crippen molar-refractivity contribution in [2.24, 2.45) is 0 Å². The molecule has 26 heavy (non-hydrogen) atoms. The van der Waals surface area contributed by atoms with E-state index in [0.717, 1.165) is 37.1 Å². The molecule has 2 N–H and O–H groups in total. The van der Waals surface area contributed by atoms with Gasteiger partial charge in [-0.1, -0.05) is 30.3 Å². The minimum Gasteiger partial charge on any atom is -0.507 e. The molecule has 1 fully saturated rings. The molecule has 2 aromatic carbocycles. The molecule has 1 aliphatic rings. The van der Waals surface area contributed by atoms with E-state index in [9.17, 15) is 18.3 Å². The standard InChI is InChI=1S/C18H21F3N2O.2ClH/c19-18(20,21)8-7-16(23-11-9-22-10-12-23)14-5-6-17(24)15-4-2-1-3-13(14)15;;/h1-6,16,22,24H,7-12H2;2*1H/t16-;;/m1../s1. The number of aromatic hydroxyl groups is 1. The fourth-order valence-electron chi connectivity index (χ4n) is 3.43. The van der Waals surface area contributed by atoms with Crippen molar-refractivity contribution in [1.82, 2.24) is 10.2 Å². The summed E-state index contributed by atoms with van der Waals surface area (Å²) in [4.78, 5) is 2.11. The van der Waals surface area contributed by atoms with Gasteiger partial charge < -0.3 is 10.4 Å². The van der Waals surface area contributed by atoms with E-state index in [4.69, 9.17) is 0 Å². The Morgan fingerprint density at radius 3 is 2.23 bits per heavy atom. The third-order valence-electron chi connectivity index (χ3n) is 4.59. The summed E-state index contributed by atoms with van der Waals surface area (Å²) in [5.74, 6) is 0.157. The lowest BCUT2D eigenvalue weighted by molar-refractivity contribution is -0.138. The predicted molar refractivity (Wildman–Crippen MR) is 103 cm³/mol. The first kappa shape index (κ1) is 22.8. The normalized spacial score (nSPS) is 16.6. The average molecular weight is 411 g/mol. The topological polar surface area (TPSA) is 35.5 Å². The zero-order valence-corrected chi connectivity index (χ0v) is 15.8. The first-order valence-electron chi connectivity index (χ1n) is 8.18. The van der Waals surface area contributed by atoms with Crippen molar-refractivity contribution in [1.29, 1.82) is 0 Å². The van der Waals surface area contributed by atoms with Gasteiger partial charge in [-0.15, -0.1) is 24.8 Å². The predicted octanol–water partition coefficient (Wildman–Crippen LogP) is 4.68. The Labute approximate surface area is 163 Å². The van der Waals surface area contributed by atoms with Gasteiger partial charge in [-0.05, 0) is 23.4 Å². The highest BCUT2D eigenvalue weighted by atomic mass is 35.5. The smallest absolute Gasteiger partial charge is 0.389 e. The van der Waals surface area contributed by atoms with Crippen LogP contribution in [0.4, 0.5) is 13.2 Å². The van der Waals surface area contributed by atoms with Gasteiger partial charge in [0.15, 0.2) is 0 Å². The number of halogens is 5. The molecule has 0 radical (unpaired) electrons. The summed E-state index contributed by atoms with van der Waals surface area (Å²) < 4.78 is 38.4. The number of fused-ring (bicyclic) bond motifs is 1. The van der Waals surface area contributed by atoms with Crippen LogP contribution in [0.1, 0.15) is 24.4 Å². The van der Waals surface area contributed by atoms with E-state index in [1.165, 1.54) is 0 Å². The van der Waals surface area contributed by atoms with Gasteiger partial charge in [-0.25, -0.2) is 0 Å². The van der Waals surface area contributed by atoms with Crippen LogP contribution in [0.25, 0.3) is 10.8 Å². The lowest BCUT2D eigenvalue weighted by Crippen LogP contribution is -2.45. The largest absolute Gasteiger partial charge is 0.507 e. The number of benzene rings is 2. The number of hydrogen-bond acceptors (Lipinski definition) is 3. The molecular formula is C18H23Cl2F3N2O. The minimum absolute atomic E-state index is 0. The highest BCUT2D eigenvalue weighted by Gasteiger charge is 2.32. The molecule has 8 heteroatoms. The Balaban J connectivity index is 0.00000169. The Hall–Kier alpha value is -1.21. The summed E-state index contributed by atoms with van der Waals surface area (Å²) in [6.07, 6.45) is -4.95. The molecule has 0 amide bonds. The Bertz CT molecular complexity index is 706. The summed E-state index contributed by atoms with van der Waals surface area (Å²) in [7, 11) is 0. The van der Waals surface area contributed by atoms with Crippen molar-refractivity contribution < 1.29 is 18.3 Å². The number of hydrogen-bond donors (Lipinski definition) is 2. The molecule has 1 saturated heterocycles. The Kier molecular flexibility index (Phi) is 8.47. The number of phenols is 1. The lowest BCUT2D eigenvalue weighted by atomic mass is 9.93. The van der Waals surface area contributed by atoms with Crippen LogP contribution in [0.5, 0.6) is 5.75 Å². The van der Waals surface area contributed by atoms with E-state index >= 15 is 0 Å². The van der Waals surface area contributed by atoms with Crippen LogP contribution >= 0.6 is 24.8 Å². The van der Waals surface area contributed by atoms with Gasteiger partial charge >= 0.3 is 6.18 Å². The van der Waals surface area contributed by atoms with Crippen molar-refractivity contribution >= 4 is 35.6 Å². The highest BCUT2D eigenvalue weighted by Crippen LogP contribution is 2.37. The molecule has 0 spiro atoms. The van der Waals surface area contributed by atoms with Crippen LogP contribution < -0.4 is 5.32 Å². The van der Waals surface area contributed by atoms with Crippen LogP contribution in [0, 0.1) is 0 Å². The van der Waals surface area contributed by atoms with Gasteiger partial charge in [0.05, 0.1) is 0 Å². The number of piperazine rings is 1. The summed E-state index contributed by atoms with van der Waals surface area (Å²) >= 11 is 0. The zero-order chi connectivity index (χ0) is 17.2. The van der Waals surface area contributed by atoms with Crippen LogP contribution in [0.2, 0.25) is 0 Å². The Morgan fingerprint density at radius 2 is 1.62 bits per heavy atom. The molecule has 1 heterocycles. The van der Waals surface area contributed by atoms with Crippen molar-refractivity contribution in [2.45, 2.75) is 25.1 Å². The molecule has 0 aliphatic carbocycles. The number of rotatable bonds is 4. The quantitative estimate of drug-likeness (QED) is 0.767. The summed E-state index contributed by atoms with van der Waals surface area (Å²) in [5, 5.41) is 14.8. The molecular weight excluding hydrogens is 388 g/mol. The first-order valence-corrected chi connectivity index (χ1v) is 8.18. The van der Waals surface area contributed by atoms with E-state index in [2.05, 4.69) is 10.2 Å². The van der Waals surface area contributed by atoms with Gasteiger partial charge in [0, 0.05) is 44.0 Å². The van der Waals surface area contributed by atoms with E-state index in [-0.39, 0.29) is 43.0 Å². The lowest BCUT2D eigenvalue weighted by Gasteiger charge is -2.36. The molecule has 0 unspecified atom stereocenters. The SMILES string of the molecule is Cl.Cl.Oc1ccc([C@@H](CCC(F)(F)F)N2CCNCC2)c2ccccc12. The molecule has 1 aliphatic heterocycles. The van der Waals surface area contributed by atoms with Crippen LogP contribution in [0.15, 0.2) is 36.4 Å². The second-order valence-corrected chi connectivity index (χ2v) is 6.18. The number of phenolic OH excluding ortho intramolecular Hbond substituents is 1. The van der Waals surface area contributed by atoms with E-state index < -0.39 is 12.6 Å². The van der Waals surface area contributed by atoms with Gasteiger partial charge in [0.25, 0.3) is 0 Å². The molecule has 3 nitrogen and oxygen atoms in total. The summed E-state index contributed by atoms with van der Waals surface area (Å²) in [5.41, 5.74) is 0.856. The zero-order valence-electron chi connectivity index (χ0n) is 14.1. The number of nitrogens with zero attached hydrogens (tertiary/aromatic N) is 1. The highest BCUT2D eigenvalue weighted by molar-refractivity contribution is 5.91. The minimum atomic E-state index is -4.17. The van der Waals surface area contributed by atoms with Gasteiger partial charge in [-0.3, -0.25) is 4.90 Å². The van der Waals surface area contributed by atoms with Gasteiger partial charge in [0.1, 0.15) is 5.75 Å². The maximum absolute atomic E-state index is 12.8. The maximum atomic E-state index is 12.8. The summed E-state index contributed by atoms with van der Waals surface area (Å²) in [6, 6.07) is 10.4. The molecule has 3 rings (SSSR count). The molecule has 1 atom stereocenters. The molecule has 0 aromatic heterocycles. The third-order valence-corrected chi connectivity index (χ3v) is 4.59. The van der Waals surface area contributed by atoms with Crippen LogP contribution in [-0.2, 0) is 0 Å². The number of nitrogens with one attached hydrogen (secondary N) is 1. The van der Waals surface area contributed by atoms with E-state index in [1.54, 1.807) is 18.2 Å². The fourth-order valence-corrected chi connectivity index (χ4v) is 3.43. The number of alkyl halides is 3. The van der Waals surface area contributed by atoms with Gasteiger partial charge in [-0.2, -0.15) is 13.2 Å². The fraction of sp³-hybridized carbons (Fsp3) is 0.444. The van der Waals surface area contributed by atoms with Crippen molar-refractivity contribution in [3.63, 3.8) is 0 Å². The van der Waals surface area contributed by atoms with Crippen molar-refractivity contribution in [3.05, 3.63) is 42.0 Å². The Morgan fingerprint density at radius 1 is 1.00 bits per heavy atom. The van der Waals surface area contributed by atoms with Crippen LogP contribution in [-0.4, -0.2) is 42.4 Å². The monoisotopic (exact) mass is 410 g/mol. The van der Waals surface area contributed by atoms with Crippen LogP contribution in [0.3, 0.4) is 0 Å². The van der Waals surface area contributed by atoms with Gasteiger partial charge in [0.2, 0.25) is 0 Å². The third kappa shape index (κ3) is 5.39.